The van der Waals surface area contributed by atoms with Gasteiger partial charge in [-0.15, -0.1) is 0 Å². The van der Waals surface area contributed by atoms with Crippen LogP contribution in [0.15, 0.2) is 18.2 Å². The van der Waals surface area contributed by atoms with E-state index in [0.29, 0.717) is 17.5 Å². The van der Waals surface area contributed by atoms with Gasteiger partial charge in [-0.25, -0.2) is 4.79 Å². The van der Waals surface area contributed by atoms with Crippen molar-refractivity contribution in [2.75, 3.05) is 11.9 Å². The topological polar surface area (TPSA) is 78.4 Å². The molecule has 3 unspecified atom stereocenters. The van der Waals surface area contributed by atoms with Crippen molar-refractivity contribution < 1.29 is 14.7 Å². The number of carbonyl (C=O) groups excluding carboxylic acids is 1. The maximum Gasteiger partial charge on any atom is 0.337 e. The van der Waals surface area contributed by atoms with Crippen molar-refractivity contribution in [2.45, 2.75) is 25.3 Å². The molecule has 1 saturated carbocycles. The second kappa shape index (κ2) is 5.66. The summed E-state index contributed by atoms with van der Waals surface area (Å²) in [7, 11) is 0. The van der Waals surface area contributed by atoms with Crippen molar-refractivity contribution in [2.24, 2.45) is 11.8 Å². The molecule has 0 bridgehead atoms. The van der Waals surface area contributed by atoms with Crippen LogP contribution in [0.5, 0.6) is 0 Å². The van der Waals surface area contributed by atoms with Gasteiger partial charge >= 0.3 is 5.97 Å². The average Bonchev–Trinajstić information content (AvgIpc) is 3.00. The van der Waals surface area contributed by atoms with Gasteiger partial charge < -0.3 is 15.7 Å². The highest BCUT2D eigenvalue weighted by Gasteiger charge is 2.42. The number of hydrogen-bond donors (Lipinski definition) is 3. The molecule has 6 heteroatoms. The molecule has 0 aromatic heterocycles. The van der Waals surface area contributed by atoms with E-state index in [1.54, 1.807) is 6.07 Å². The van der Waals surface area contributed by atoms with Crippen molar-refractivity contribution >= 4 is 29.2 Å². The molecule has 21 heavy (non-hydrogen) atoms. The Kier molecular flexibility index (Phi) is 3.87. The minimum absolute atomic E-state index is 0.0320. The Morgan fingerprint density at radius 2 is 2.14 bits per heavy atom. The second-order valence-corrected chi connectivity index (χ2v) is 6.14. The van der Waals surface area contributed by atoms with Crippen LogP contribution < -0.4 is 10.6 Å². The number of nitrogens with one attached hydrogen (secondary N) is 2. The average molecular weight is 309 g/mol. The van der Waals surface area contributed by atoms with Gasteiger partial charge in [0.15, 0.2) is 0 Å². The summed E-state index contributed by atoms with van der Waals surface area (Å²) in [6.45, 7) is 0.904. The lowest BCUT2D eigenvalue weighted by atomic mass is 9.93. The summed E-state index contributed by atoms with van der Waals surface area (Å²) in [5, 5.41) is 15.2. The SMILES string of the molecule is O=C(O)c1ccc(NC(=O)C2NCC3CCCC32)cc1Cl. The number of hydrogen-bond acceptors (Lipinski definition) is 3. The minimum atomic E-state index is -1.08. The fraction of sp³-hybridized carbons (Fsp3) is 0.467. The fourth-order valence-corrected chi connectivity index (χ4v) is 3.72. The molecule has 1 saturated heterocycles. The van der Waals surface area contributed by atoms with Crippen LogP contribution in [0.3, 0.4) is 0 Å². The van der Waals surface area contributed by atoms with Crippen LogP contribution in [0.25, 0.3) is 0 Å². The Morgan fingerprint density at radius 1 is 1.33 bits per heavy atom. The lowest BCUT2D eigenvalue weighted by Gasteiger charge is -2.18. The molecule has 5 nitrogen and oxygen atoms in total. The highest BCUT2D eigenvalue weighted by atomic mass is 35.5. The standard InChI is InChI=1S/C15H17ClN2O3/c16-12-6-9(4-5-11(12)15(20)21)18-14(19)13-10-3-1-2-8(10)7-17-13/h4-6,8,10,13,17H,1-3,7H2,(H,18,19)(H,20,21). The van der Waals surface area contributed by atoms with E-state index in [1.165, 1.54) is 25.0 Å². The molecule has 2 fully saturated rings. The summed E-state index contributed by atoms with van der Waals surface area (Å²) in [5.74, 6) is -0.120. The van der Waals surface area contributed by atoms with Crippen molar-refractivity contribution in [3.63, 3.8) is 0 Å². The largest absolute Gasteiger partial charge is 0.478 e. The van der Waals surface area contributed by atoms with E-state index in [1.807, 2.05) is 0 Å². The Balaban J connectivity index is 1.70. The molecule has 0 radical (unpaired) electrons. The molecule has 2 aliphatic rings. The van der Waals surface area contributed by atoms with Gasteiger partial charge in [-0.1, -0.05) is 18.0 Å². The summed E-state index contributed by atoms with van der Waals surface area (Å²) in [6, 6.07) is 4.29. The predicted octanol–water partition coefficient (Wildman–Crippen LogP) is 2.36. The number of carboxylic acids is 1. The van der Waals surface area contributed by atoms with E-state index < -0.39 is 5.97 Å². The van der Waals surface area contributed by atoms with Crippen LogP contribution in [-0.4, -0.2) is 29.6 Å². The third-order valence-electron chi connectivity index (χ3n) is 4.50. The van der Waals surface area contributed by atoms with Crippen LogP contribution in [0, 0.1) is 11.8 Å². The first-order valence-corrected chi connectivity index (χ1v) is 7.51. The molecule has 1 aromatic carbocycles. The third-order valence-corrected chi connectivity index (χ3v) is 4.81. The van der Waals surface area contributed by atoms with Crippen LogP contribution in [0.1, 0.15) is 29.6 Å². The molecule has 112 valence electrons. The van der Waals surface area contributed by atoms with Crippen LogP contribution in [0.2, 0.25) is 5.02 Å². The summed E-state index contributed by atoms with van der Waals surface area (Å²) in [4.78, 5) is 23.3. The second-order valence-electron chi connectivity index (χ2n) is 5.73. The molecule has 3 rings (SSSR count). The van der Waals surface area contributed by atoms with Crippen LogP contribution in [0.4, 0.5) is 5.69 Å². The van der Waals surface area contributed by atoms with E-state index in [9.17, 15) is 9.59 Å². The smallest absolute Gasteiger partial charge is 0.337 e. The maximum atomic E-state index is 12.4. The van der Waals surface area contributed by atoms with Crippen molar-refractivity contribution in [3.05, 3.63) is 28.8 Å². The summed E-state index contributed by atoms with van der Waals surface area (Å²) in [6.07, 6.45) is 3.48. The molecule has 1 aliphatic carbocycles. The van der Waals surface area contributed by atoms with Gasteiger partial charge in [-0.05, 0) is 49.4 Å². The lowest BCUT2D eigenvalue weighted by molar-refractivity contribution is -0.118. The van der Waals surface area contributed by atoms with Gasteiger partial charge in [0, 0.05) is 5.69 Å². The number of halogens is 1. The first kappa shape index (κ1) is 14.4. The van der Waals surface area contributed by atoms with Crippen molar-refractivity contribution in [1.29, 1.82) is 0 Å². The normalized spacial score (nSPS) is 27.4. The number of carbonyl (C=O) groups is 2. The number of rotatable bonds is 3. The molecule has 0 spiro atoms. The quantitative estimate of drug-likeness (QED) is 0.801. The van der Waals surface area contributed by atoms with Crippen LogP contribution in [-0.2, 0) is 4.79 Å². The number of fused-ring (bicyclic) bond motifs is 1. The fourth-order valence-electron chi connectivity index (χ4n) is 3.46. The molecule has 3 atom stereocenters. The van der Waals surface area contributed by atoms with Gasteiger partial charge in [0.1, 0.15) is 0 Å². The van der Waals surface area contributed by atoms with Crippen LogP contribution >= 0.6 is 11.6 Å². The number of amides is 1. The van der Waals surface area contributed by atoms with Gasteiger partial charge in [-0.3, -0.25) is 4.79 Å². The summed E-state index contributed by atoms with van der Waals surface area (Å²) < 4.78 is 0. The van der Waals surface area contributed by atoms with E-state index in [4.69, 9.17) is 16.7 Å². The van der Waals surface area contributed by atoms with Gasteiger partial charge in [0.25, 0.3) is 0 Å². The predicted molar refractivity (Wildman–Crippen MR) is 79.7 cm³/mol. The zero-order valence-corrected chi connectivity index (χ0v) is 12.2. The van der Waals surface area contributed by atoms with Crippen molar-refractivity contribution in [3.8, 4) is 0 Å². The number of carboxylic acid groups (broad SMARTS) is 1. The summed E-state index contributed by atoms with van der Waals surface area (Å²) >= 11 is 5.91. The van der Waals surface area contributed by atoms with E-state index in [-0.39, 0.29) is 22.5 Å². The Morgan fingerprint density at radius 3 is 2.86 bits per heavy atom. The highest BCUT2D eigenvalue weighted by Crippen LogP contribution is 2.38. The lowest BCUT2D eigenvalue weighted by Crippen LogP contribution is -2.39. The Labute approximate surface area is 127 Å². The maximum absolute atomic E-state index is 12.4. The Hall–Kier alpha value is -1.59. The molecule has 1 aromatic rings. The Bertz CT molecular complexity index is 590. The van der Waals surface area contributed by atoms with Crippen molar-refractivity contribution in [1.82, 2.24) is 5.32 Å². The van der Waals surface area contributed by atoms with E-state index >= 15 is 0 Å². The third kappa shape index (κ3) is 2.76. The zero-order valence-electron chi connectivity index (χ0n) is 11.4. The summed E-state index contributed by atoms with van der Waals surface area (Å²) in [5.41, 5.74) is 0.558. The first-order valence-electron chi connectivity index (χ1n) is 7.13. The monoisotopic (exact) mass is 308 g/mol. The minimum Gasteiger partial charge on any atom is -0.478 e. The molecule has 1 amide bonds. The molecule has 3 N–H and O–H groups in total. The highest BCUT2D eigenvalue weighted by molar-refractivity contribution is 6.33. The van der Waals surface area contributed by atoms with E-state index in [0.717, 1.165) is 13.0 Å². The molecule has 1 heterocycles. The number of anilines is 1. The number of aromatic carboxylic acids is 1. The zero-order chi connectivity index (χ0) is 15.0. The van der Waals surface area contributed by atoms with Gasteiger partial charge in [0.05, 0.1) is 16.6 Å². The van der Waals surface area contributed by atoms with Gasteiger partial charge in [0.2, 0.25) is 5.91 Å². The molecular weight excluding hydrogens is 292 g/mol. The van der Waals surface area contributed by atoms with E-state index in [2.05, 4.69) is 10.6 Å². The first-order chi connectivity index (χ1) is 10.1. The number of benzene rings is 1. The molecule has 1 aliphatic heterocycles. The van der Waals surface area contributed by atoms with Gasteiger partial charge in [-0.2, -0.15) is 0 Å². The molecular formula is C15H17ClN2O3.